The van der Waals surface area contributed by atoms with Crippen LogP contribution in [-0.2, 0) is 6.42 Å². The first-order valence-electron chi connectivity index (χ1n) is 4.38. The zero-order chi connectivity index (χ0) is 10.6. The average Bonchev–Trinajstić information content (AvgIpc) is 2.14. The molecule has 14 heavy (non-hydrogen) atoms. The molecule has 0 aliphatic rings. The number of rotatable bonds is 3. The van der Waals surface area contributed by atoms with Gasteiger partial charge >= 0.3 is 0 Å². The summed E-state index contributed by atoms with van der Waals surface area (Å²) in [5.41, 5.74) is 6.72. The SMILES string of the molecule is CN(CCc1cccc(S)c1)C(N)=S. The van der Waals surface area contributed by atoms with Gasteiger partial charge in [-0.15, -0.1) is 12.6 Å². The highest BCUT2D eigenvalue weighted by Crippen LogP contribution is 2.09. The molecule has 0 aromatic heterocycles. The molecule has 1 rings (SSSR count). The van der Waals surface area contributed by atoms with E-state index in [1.165, 1.54) is 5.56 Å². The number of thiol groups is 1. The van der Waals surface area contributed by atoms with E-state index >= 15 is 0 Å². The fourth-order valence-corrected chi connectivity index (χ4v) is 1.46. The van der Waals surface area contributed by atoms with E-state index < -0.39 is 0 Å². The van der Waals surface area contributed by atoms with Crippen molar-refractivity contribution in [2.75, 3.05) is 13.6 Å². The van der Waals surface area contributed by atoms with Gasteiger partial charge in [0, 0.05) is 18.5 Å². The van der Waals surface area contributed by atoms with Gasteiger partial charge in [-0.1, -0.05) is 12.1 Å². The molecule has 4 heteroatoms. The molecule has 0 unspecified atom stereocenters. The van der Waals surface area contributed by atoms with E-state index in [9.17, 15) is 0 Å². The van der Waals surface area contributed by atoms with Gasteiger partial charge < -0.3 is 10.6 Å². The maximum Gasteiger partial charge on any atom is 0.166 e. The smallest absolute Gasteiger partial charge is 0.166 e. The maximum atomic E-state index is 5.47. The van der Waals surface area contributed by atoms with Crippen LogP contribution >= 0.6 is 24.8 Å². The van der Waals surface area contributed by atoms with Crippen LogP contribution in [0.5, 0.6) is 0 Å². The summed E-state index contributed by atoms with van der Waals surface area (Å²) in [6.07, 6.45) is 0.933. The normalized spacial score (nSPS) is 9.86. The Hall–Kier alpha value is -0.740. The van der Waals surface area contributed by atoms with Gasteiger partial charge in [0.15, 0.2) is 5.11 Å². The standard InChI is InChI=1S/C10H14N2S2/c1-12(10(11)14)6-5-8-3-2-4-9(13)7-8/h2-4,7,13H,5-6H2,1H3,(H2,11,14). The number of likely N-dealkylation sites (N-methyl/N-ethyl adjacent to an activating group) is 1. The molecule has 0 saturated carbocycles. The molecule has 0 aliphatic carbocycles. The van der Waals surface area contributed by atoms with Crippen molar-refractivity contribution in [2.45, 2.75) is 11.3 Å². The summed E-state index contributed by atoms with van der Waals surface area (Å²) in [6, 6.07) is 8.09. The molecular formula is C10H14N2S2. The molecule has 76 valence electrons. The Balaban J connectivity index is 2.49. The van der Waals surface area contributed by atoms with E-state index in [0.29, 0.717) is 5.11 Å². The average molecular weight is 226 g/mol. The van der Waals surface area contributed by atoms with Gasteiger partial charge in [-0.05, 0) is 36.3 Å². The Morgan fingerprint density at radius 2 is 2.29 bits per heavy atom. The first-order chi connectivity index (χ1) is 6.59. The van der Waals surface area contributed by atoms with Gasteiger partial charge in [-0.3, -0.25) is 0 Å². The predicted molar refractivity (Wildman–Crippen MR) is 66.8 cm³/mol. The molecule has 1 aromatic carbocycles. The lowest BCUT2D eigenvalue weighted by Crippen LogP contribution is -2.33. The van der Waals surface area contributed by atoms with Crippen LogP contribution in [0.2, 0.25) is 0 Å². The second-order valence-electron chi connectivity index (χ2n) is 3.18. The minimum absolute atomic E-state index is 0.437. The van der Waals surface area contributed by atoms with Gasteiger partial charge in [-0.25, -0.2) is 0 Å². The van der Waals surface area contributed by atoms with Gasteiger partial charge in [0.05, 0.1) is 0 Å². The van der Waals surface area contributed by atoms with Crippen LogP contribution in [0.25, 0.3) is 0 Å². The number of benzene rings is 1. The number of hydrogen-bond acceptors (Lipinski definition) is 2. The molecular weight excluding hydrogens is 212 g/mol. The monoisotopic (exact) mass is 226 g/mol. The van der Waals surface area contributed by atoms with Crippen LogP contribution in [-0.4, -0.2) is 23.6 Å². The van der Waals surface area contributed by atoms with E-state index in [-0.39, 0.29) is 0 Å². The van der Waals surface area contributed by atoms with Crippen molar-refractivity contribution in [1.29, 1.82) is 0 Å². The van der Waals surface area contributed by atoms with E-state index in [1.807, 2.05) is 24.1 Å². The third-order valence-electron chi connectivity index (χ3n) is 2.02. The van der Waals surface area contributed by atoms with Gasteiger partial charge in [0.25, 0.3) is 0 Å². The first kappa shape index (κ1) is 11.3. The summed E-state index contributed by atoms with van der Waals surface area (Å²) < 4.78 is 0. The number of nitrogens with two attached hydrogens (primary N) is 1. The highest BCUT2D eigenvalue weighted by molar-refractivity contribution is 7.80. The predicted octanol–water partition coefficient (Wildman–Crippen LogP) is 1.69. The lowest BCUT2D eigenvalue weighted by molar-refractivity contribution is 0.512. The molecule has 2 N–H and O–H groups in total. The number of thiocarbonyl (C=S) groups is 1. The second-order valence-corrected chi connectivity index (χ2v) is 4.11. The van der Waals surface area contributed by atoms with Crippen LogP contribution < -0.4 is 5.73 Å². The molecule has 2 nitrogen and oxygen atoms in total. The Bertz CT molecular complexity index is 326. The van der Waals surface area contributed by atoms with E-state index in [2.05, 4.69) is 24.8 Å². The molecule has 1 aromatic rings. The van der Waals surface area contributed by atoms with Crippen molar-refractivity contribution in [3.05, 3.63) is 29.8 Å². The molecule has 0 amide bonds. The highest BCUT2D eigenvalue weighted by atomic mass is 32.1. The molecule has 0 saturated heterocycles. The molecule has 0 heterocycles. The first-order valence-corrected chi connectivity index (χ1v) is 5.23. The minimum Gasteiger partial charge on any atom is -0.376 e. The second kappa shape index (κ2) is 5.22. The lowest BCUT2D eigenvalue weighted by Gasteiger charge is -2.16. The fourth-order valence-electron chi connectivity index (χ4n) is 1.12. The topological polar surface area (TPSA) is 29.3 Å². The minimum atomic E-state index is 0.437. The maximum absolute atomic E-state index is 5.47. The van der Waals surface area contributed by atoms with E-state index in [4.69, 9.17) is 18.0 Å². The fraction of sp³-hybridized carbons (Fsp3) is 0.300. The summed E-state index contributed by atoms with van der Waals surface area (Å²) in [4.78, 5) is 2.85. The van der Waals surface area contributed by atoms with Crippen molar-refractivity contribution >= 4 is 30.0 Å². The Kier molecular flexibility index (Phi) is 4.22. The molecule has 0 radical (unpaired) electrons. The molecule has 0 bridgehead atoms. The van der Waals surface area contributed by atoms with Crippen LogP contribution in [0.1, 0.15) is 5.56 Å². The summed E-state index contributed by atoms with van der Waals surface area (Å²) >= 11 is 9.12. The van der Waals surface area contributed by atoms with E-state index in [1.54, 1.807) is 0 Å². The lowest BCUT2D eigenvalue weighted by atomic mass is 10.1. The van der Waals surface area contributed by atoms with Crippen molar-refractivity contribution in [1.82, 2.24) is 4.90 Å². The third-order valence-corrected chi connectivity index (χ3v) is 2.61. The van der Waals surface area contributed by atoms with Crippen molar-refractivity contribution < 1.29 is 0 Å². The summed E-state index contributed by atoms with van der Waals surface area (Å²) in [7, 11) is 1.90. The summed E-state index contributed by atoms with van der Waals surface area (Å²) in [6.45, 7) is 0.840. The summed E-state index contributed by atoms with van der Waals surface area (Å²) in [5.74, 6) is 0. The molecule has 0 fully saturated rings. The zero-order valence-electron chi connectivity index (χ0n) is 8.10. The van der Waals surface area contributed by atoms with E-state index in [0.717, 1.165) is 17.9 Å². The largest absolute Gasteiger partial charge is 0.376 e. The molecule has 0 aliphatic heterocycles. The summed E-state index contributed by atoms with van der Waals surface area (Å²) in [5, 5.41) is 0.437. The number of nitrogens with zero attached hydrogens (tertiary/aromatic N) is 1. The van der Waals surface area contributed by atoms with Crippen LogP contribution in [0.4, 0.5) is 0 Å². The van der Waals surface area contributed by atoms with Gasteiger partial charge in [0.1, 0.15) is 0 Å². The Morgan fingerprint density at radius 3 is 2.86 bits per heavy atom. The van der Waals surface area contributed by atoms with Gasteiger partial charge in [-0.2, -0.15) is 0 Å². The Labute approximate surface area is 95.5 Å². The van der Waals surface area contributed by atoms with Crippen molar-refractivity contribution in [2.24, 2.45) is 5.73 Å². The van der Waals surface area contributed by atoms with Gasteiger partial charge in [0.2, 0.25) is 0 Å². The van der Waals surface area contributed by atoms with Crippen LogP contribution in [0, 0.1) is 0 Å². The quantitative estimate of drug-likeness (QED) is 0.607. The van der Waals surface area contributed by atoms with Crippen LogP contribution in [0.3, 0.4) is 0 Å². The zero-order valence-corrected chi connectivity index (χ0v) is 9.81. The highest BCUT2D eigenvalue weighted by Gasteiger charge is 1.99. The number of hydrogen-bond donors (Lipinski definition) is 2. The molecule has 0 spiro atoms. The Morgan fingerprint density at radius 1 is 1.57 bits per heavy atom. The van der Waals surface area contributed by atoms with Crippen molar-refractivity contribution in [3.8, 4) is 0 Å². The molecule has 0 atom stereocenters. The van der Waals surface area contributed by atoms with Crippen LogP contribution in [0.15, 0.2) is 29.2 Å². The van der Waals surface area contributed by atoms with Crippen molar-refractivity contribution in [3.63, 3.8) is 0 Å². The third kappa shape index (κ3) is 3.55.